The zero-order chi connectivity index (χ0) is 42.0. The SMILES string of the molecule is CCC1OC(OC2C(O)C(C)[C@@H](CC)O[C@@H]2CO)[C@H](O)[C@@H](OC2OC(CO)[C@H](O[C@H]3O[C@H](CC)C(O)C(O[C@H]4O[C@H](CC)C(O)C(O)C4O)C3O)[C@H](O)[C@H]2C)[C@H]1O. The van der Waals surface area contributed by atoms with Crippen LogP contribution in [0.25, 0.3) is 0 Å². The molecule has 0 aromatic carbocycles. The highest BCUT2D eigenvalue weighted by atomic mass is 16.8. The van der Waals surface area contributed by atoms with Crippen molar-refractivity contribution >= 4 is 0 Å². The van der Waals surface area contributed by atoms with E-state index in [1.165, 1.54) is 6.92 Å². The van der Waals surface area contributed by atoms with Gasteiger partial charge in [-0.1, -0.05) is 41.5 Å². The zero-order valence-corrected chi connectivity index (χ0v) is 33.3. The molecule has 11 N–H and O–H groups in total. The standard InChI is InChI=1S/C37H66O20/c1-7-15-13(5)21(40)30(19(11-38)49-15)54-36-28(47)32(24(43)17(9-3)51-36)56-34-14(6)22(41)31(20(12-39)53-34)55-37-29(48)33(25(44)18(10-4)52-37)57-35-27(46)26(45)23(42)16(8-2)50-35/h13-48H,7-12H2,1-6H3/t13?,14-,15-,16-,17?,18-,19-,20?,21?,22-,23?,24+,25?,26?,27?,28-,29?,30?,31+,32+,33?,34?,35-,36?,37-/m1/s1. The van der Waals surface area contributed by atoms with Crippen LogP contribution in [-0.4, -0.2) is 211 Å². The smallest absolute Gasteiger partial charge is 0.187 e. The maximum Gasteiger partial charge on any atom is 0.187 e. The van der Waals surface area contributed by atoms with E-state index in [-0.39, 0.29) is 31.3 Å². The van der Waals surface area contributed by atoms with Gasteiger partial charge < -0.3 is 98.8 Å². The van der Waals surface area contributed by atoms with E-state index in [4.69, 9.17) is 42.6 Å². The first kappa shape index (κ1) is 47.3. The Morgan fingerprint density at radius 3 is 1.12 bits per heavy atom. The van der Waals surface area contributed by atoms with Crippen molar-refractivity contribution in [3.8, 4) is 0 Å². The van der Waals surface area contributed by atoms with Crippen LogP contribution in [0.2, 0.25) is 0 Å². The molecule has 0 radical (unpaired) electrons. The predicted molar refractivity (Wildman–Crippen MR) is 191 cm³/mol. The third-order valence-corrected chi connectivity index (χ3v) is 12.2. The molecule has 0 aromatic heterocycles. The molecule has 0 aromatic rings. The summed E-state index contributed by atoms with van der Waals surface area (Å²) in [5.41, 5.74) is 0. The van der Waals surface area contributed by atoms with Crippen LogP contribution in [0.5, 0.6) is 0 Å². The molecule has 5 heterocycles. The quantitative estimate of drug-likeness (QED) is 0.0804. The van der Waals surface area contributed by atoms with E-state index in [9.17, 15) is 56.2 Å². The lowest BCUT2D eigenvalue weighted by Gasteiger charge is -2.50. The summed E-state index contributed by atoms with van der Waals surface area (Å²) >= 11 is 0. The number of aliphatic hydroxyl groups is 11. The molecule has 5 fully saturated rings. The monoisotopic (exact) mass is 830 g/mol. The van der Waals surface area contributed by atoms with E-state index in [0.29, 0.717) is 6.42 Å². The fraction of sp³-hybridized carbons (Fsp3) is 1.00. The van der Waals surface area contributed by atoms with E-state index in [2.05, 4.69) is 0 Å². The van der Waals surface area contributed by atoms with Crippen LogP contribution in [0, 0.1) is 11.8 Å². The van der Waals surface area contributed by atoms with Gasteiger partial charge in [-0.2, -0.15) is 0 Å². The lowest BCUT2D eigenvalue weighted by Crippen LogP contribution is -2.66. The summed E-state index contributed by atoms with van der Waals surface area (Å²) in [6.45, 7) is 9.10. The van der Waals surface area contributed by atoms with E-state index >= 15 is 0 Å². The van der Waals surface area contributed by atoms with E-state index < -0.39 is 154 Å². The molecule has 5 aliphatic rings. The van der Waals surface area contributed by atoms with Crippen molar-refractivity contribution in [1.29, 1.82) is 0 Å². The first-order valence-electron chi connectivity index (χ1n) is 20.3. The Labute approximate surface area is 332 Å². The molecule has 334 valence electrons. The fourth-order valence-electron chi connectivity index (χ4n) is 8.48. The highest BCUT2D eigenvalue weighted by Crippen LogP contribution is 2.38. The van der Waals surface area contributed by atoms with Gasteiger partial charge in [0.15, 0.2) is 25.2 Å². The topological polar surface area (TPSA) is 306 Å². The average molecular weight is 831 g/mol. The highest BCUT2D eigenvalue weighted by molar-refractivity contribution is 4.98. The normalized spacial score (nSPS) is 52.5. The third kappa shape index (κ3) is 9.66. The van der Waals surface area contributed by atoms with Crippen molar-refractivity contribution < 1.29 is 98.8 Å². The van der Waals surface area contributed by atoms with Gasteiger partial charge in [-0.25, -0.2) is 0 Å². The van der Waals surface area contributed by atoms with Gasteiger partial charge in [-0.3, -0.25) is 0 Å². The Morgan fingerprint density at radius 2 is 0.684 bits per heavy atom. The lowest BCUT2D eigenvalue weighted by molar-refractivity contribution is -0.386. The van der Waals surface area contributed by atoms with Gasteiger partial charge in [0.25, 0.3) is 0 Å². The summed E-state index contributed by atoms with van der Waals surface area (Å²) in [4.78, 5) is 0. The van der Waals surface area contributed by atoms with Gasteiger partial charge >= 0.3 is 0 Å². The van der Waals surface area contributed by atoms with Crippen molar-refractivity contribution in [2.45, 2.75) is 208 Å². The number of aliphatic hydroxyl groups excluding tert-OH is 11. The summed E-state index contributed by atoms with van der Waals surface area (Å²) in [6.07, 6.45) is -29.3. The van der Waals surface area contributed by atoms with Crippen LogP contribution in [0.1, 0.15) is 67.2 Å². The summed E-state index contributed by atoms with van der Waals surface area (Å²) in [7, 11) is 0. The summed E-state index contributed by atoms with van der Waals surface area (Å²) < 4.78 is 53.6. The molecule has 25 atom stereocenters. The van der Waals surface area contributed by atoms with Crippen LogP contribution < -0.4 is 0 Å². The van der Waals surface area contributed by atoms with E-state index in [0.717, 1.165) is 0 Å². The second kappa shape index (κ2) is 20.4. The fourth-order valence-corrected chi connectivity index (χ4v) is 8.48. The summed E-state index contributed by atoms with van der Waals surface area (Å²) in [5.74, 6) is -1.34. The van der Waals surface area contributed by atoms with E-state index in [1.54, 1.807) is 27.7 Å². The molecule has 20 heteroatoms. The minimum Gasteiger partial charge on any atom is -0.394 e. The molecule has 13 unspecified atom stereocenters. The summed E-state index contributed by atoms with van der Waals surface area (Å²) in [6, 6.07) is 0. The Kier molecular flexibility index (Phi) is 16.9. The summed E-state index contributed by atoms with van der Waals surface area (Å²) in [5, 5.41) is 120. The molecule has 5 aliphatic heterocycles. The number of ether oxygens (including phenoxy) is 9. The molecule has 0 amide bonds. The van der Waals surface area contributed by atoms with Gasteiger partial charge in [0, 0.05) is 11.8 Å². The van der Waals surface area contributed by atoms with Gasteiger partial charge in [-0.15, -0.1) is 0 Å². The minimum atomic E-state index is -1.77. The highest BCUT2D eigenvalue weighted by Gasteiger charge is 2.55. The molecule has 0 aliphatic carbocycles. The maximum absolute atomic E-state index is 11.6. The Bertz CT molecular complexity index is 1220. The Balaban J connectivity index is 1.29. The van der Waals surface area contributed by atoms with Crippen LogP contribution in [0.3, 0.4) is 0 Å². The second-order valence-electron chi connectivity index (χ2n) is 15.9. The molecule has 0 saturated carbocycles. The predicted octanol–water partition coefficient (Wildman–Crippen LogP) is -3.66. The van der Waals surface area contributed by atoms with Crippen molar-refractivity contribution in [2.24, 2.45) is 11.8 Å². The van der Waals surface area contributed by atoms with Gasteiger partial charge in [0.1, 0.15) is 79.4 Å². The minimum absolute atomic E-state index is 0.199. The molecule has 20 nitrogen and oxygen atoms in total. The first-order chi connectivity index (χ1) is 27.1. The average Bonchev–Trinajstić information content (AvgIpc) is 3.20. The van der Waals surface area contributed by atoms with Crippen LogP contribution in [0.4, 0.5) is 0 Å². The van der Waals surface area contributed by atoms with Gasteiger partial charge in [-0.05, 0) is 25.7 Å². The molecular formula is C37H66O20. The van der Waals surface area contributed by atoms with Gasteiger partial charge in [0.2, 0.25) is 0 Å². The van der Waals surface area contributed by atoms with E-state index in [1.807, 2.05) is 6.92 Å². The number of hydrogen-bond acceptors (Lipinski definition) is 20. The number of hydrogen-bond donors (Lipinski definition) is 11. The lowest BCUT2D eigenvalue weighted by atomic mass is 9.86. The largest absolute Gasteiger partial charge is 0.394 e. The third-order valence-electron chi connectivity index (χ3n) is 12.2. The molecule has 0 spiro atoms. The van der Waals surface area contributed by atoms with Crippen molar-refractivity contribution in [2.75, 3.05) is 13.2 Å². The zero-order valence-electron chi connectivity index (χ0n) is 33.3. The Hall–Kier alpha value is -0.800. The van der Waals surface area contributed by atoms with Gasteiger partial charge in [0.05, 0.1) is 49.8 Å². The van der Waals surface area contributed by atoms with Crippen molar-refractivity contribution in [3.05, 3.63) is 0 Å². The second-order valence-corrected chi connectivity index (χ2v) is 15.9. The van der Waals surface area contributed by atoms with Crippen LogP contribution >= 0.6 is 0 Å². The van der Waals surface area contributed by atoms with Crippen LogP contribution in [0.15, 0.2) is 0 Å². The molecule has 0 bridgehead atoms. The molecule has 5 rings (SSSR count). The van der Waals surface area contributed by atoms with Crippen molar-refractivity contribution in [3.63, 3.8) is 0 Å². The van der Waals surface area contributed by atoms with Crippen LogP contribution in [-0.2, 0) is 42.6 Å². The number of rotatable bonds is 14. The Morgan fingerprint density at radius 1 is 0.333 bits per heavy atom. The molecular weight excluding hydrogens is 764 g/mol. The maximum atomic E-state index is 11.6. The molecule has 5 saturated heterocycles. The molecule has 57 heavy (non-hydrogen) atoms. The first-order valence-corrected chi connectivity index (χ1v) is 20.3. The van der Waals surface area contributed by atoms with Crippen molar-refractivity contribution in [1.82, 2.24) is 0 Å².